The second kappa shape index (κ2) is 5.77. The number of carboxylic acid groups (broad SMARTS) is 1. The Hall–Kier alpha value is -1.43. The number of aromatic nitrogens is 3. The first kappa shape index (κ1) is 13.6. The highest BCUT2D eigenvalue weighted by atomic mass is 16.4. The van der Waals surface area contributed by atoms with Gasteiger partial charge in [-0.25, -0.2) is 9.48 Å². The van der Waals surface area contributed by atoms with Crippen molar-refractivity contribution in [2.24, 2.45) is 5.92 Å². The fourth-order valence-corrected chi connectivity index (χ4v) is 1.58. The molecule has 1 aromatic rings. The Balaban J connectivity index is 2.92. The van der Waals surface area contributed by atoms with Crippen LogP contribution in [0.2, 0.25) is 0 Å². The van der Waals surface area contributed by atoms with Crippen LogP contribution >= 0.6 is 0 Å². The van der Waals surface area contributed by atoms with Crippen LogP contribution in [0.1, 0.15) is 43.4 Å². The molecule has 0 radical (unpaired) electrons. The molecule has 6 nitrogen and oxygen atoms in total. The molecule has 6 heteroatoms. The first-order valence-corrected chi connectivity index (χ1v) is 5.75. The number of aryl methyl sites for hydroxylation is 1. The highest BCUT2D eigenvalue weighted by Crippen LogP contribution is 2.12. The van der Waals surface area contributed by atoms with E-state index in [0.717, 1.165) is 0 Å². The molecule has 0 saturated carbocycles. The average Bonchev–Trinajstić information content (AvgIpc) is 2.57. The Bertz CT molecular complexity index is 385. The van der Waals surface area contributed by atoms with Crippen LogP contribution in [0.15, 0.2) is 0 Å². The van der Waals surface area contributed by atoms with Crippen molar-refractivity contribution in [1.82, 2.24) is 15.0 Å². The molecule has 17 heavy (non-hydrogen) atoms. The molecule has 2 N–H and O–H groups in total. The lowest BCUT2D eigenvalue weighted by Crippen LogP contribution is -2.14. The van der Waals surface area contributed by atoms with Crippen LogP contribution < -0.4 is 0 Å². The molecule has 0 bridgehead atoms. The van der Waals surface area contributed by atoms with Gasteiger partial charge in [0.2, 0.25) is 0 Å². The number of rotatable bonds is 6. The number of nitrogens with zero attached hydrogens (tertiary/aromatic N) is 3. The third-order valence-corrected chi connectivity index (χ3v) is 2.40. The van der Waals surface area contributed by atoms with Gasteiger partial charge in [0.15, 0.2) is 5.69 Å². The molecule has 0 aliphatic carbocycles. The zero-order valence-corrected chi connectivity index (χ0v) is 10.4. The third-order valence-electron chi connectivity index (χ3n) is 2.40. The van der Waals surface area contributed by atoms with Crippen molar-refractivity contribution in [3.8, 4) is 0 Å². The van der Waals surface area contributed by atoms with Crippen molar-refractivity contribution in [3.05, 3.63) is 11.4 Å². The first-order chi connectivity index (χ1) is 7.91. The molecule has 0 fully saturated rings. The van der Waals surface area contributed by atoms with Gasteiger partial charge in [0, 0.05) is 6.54 Å². The summed E-state index contributed by atoms with van der Waals surface area (Å²) in [6, 6.07) is 0. The number of hydrogen-bond donors (Lipinski definition) is 2. The third kappa shape index (κ3) is 3.81. The Kier molecular flexibility index (Phi) is 4.62. The summed E-state index contributed by atoms with van der Waals surface area (Å²) in [6.45, 7) is 6.20. The lowest BCUT2D eigenvalue weighted by molar-refractivity contribution is 0.0689. The minimum atomic E-state index is -1.05. The van der Waals surface area contributed by atoms with Gasteiger partial charge < -0.3 is 10.2 Å². The summed E-state index contributed by atoms with van der Waals surface area (Å²) in [6.07, 6.45) is 0.724. The number of aromatic carboxylic acids is 1. The van der Waals surface area contributed by atoms with Crippen LogP contribution in [-0.4, -0.2) is 37.3 Å². The lowest BCUT2D eigenvalue weighted by atomic mass is 10.1. The van der Waals surface area contributed by atoms with Crippen molar-refractivity contribution in [3.63, 3.8) is 0 Å². The lowest BCUT2D eigenvalue weighted by Gasteiger charge is -2.10. The summed E-state index contributed by atoms with van der Waals surface area (Å²) in [4.78, 5) is 11.0. The van der Waals surface area contributed by atoms with Crippen molar-refractivity contribution in [2.75, 3.05) is 0 Å². The molecule has 96 valence electrons. The average molecular weight is 241 g/mol. The standard InChI is InChI=1S/C11H19N3O3/c1-7(2)6-9-10(11(16)17)12-13-14(9)5-4-8(3)15/h7-8,15H,4-6H2,1-3H3,(H,16,17). The minimum Gasteiger partial charge on any atom is -0.476 e. The van der Waals surface area contributed by atoms with Crippen LogP contribution in [0, 0.1) is 5.92 Å². The predicted molar refractivity (Wildman–Crippen MR) is 61.8 cm³/mol. The SMILES string of the molecule is CC(C)Cc1c(C(=O)O)nnn1CCC(C)O. The Labute approximate surface area is 100 Å². The molecule has 1 atom stereocenters. The van der Waals surface area contributed by atoms with Gasteiger partial charge in [0.05, 0.1) is 11.8 Å². The maximum absolute atomic E-state index is 11.0. The normalized spacial score (nSPS) is 13.0. The zero-order valence-electron chi connectivity index (χ0n) is 10.4. The Morgan fingerprint density at radius 1 is 1.41 bits per heavy atom. The van der Waals surface area contributed by atoms with E-state index in [0.29, 0.717) is 31.0 Å². The van der Waals surface area contributed by atoms with Crippen LogP contribution in [-0.2, 0) is 13.0 Å². The fourth-order valence-electron chi connectivity index (χ4n) is 1.58. The maximum Gasteiger partial charge on any atom is 0.358 e. The molecule has 0 spiro atoms. The molecular weight excluding hydrogens is 222 g/mol. The van der Waals surface area contributed by atoms with Gasteiger partial charge in [0.25, 0.3) is 0 Å². The second-order valence-corrected chi connectivity index (χ2v) is 4.65. The van der Waals surface area contributed by atoms with Crippen molar-refractivity contribution < 1.29 is 15.0 Å². The quantitative estimate of drug-likeness (QED) is 0.774. The number of hydrogen-bond acceptors (Lipinski definition) is 4. The summed E-state index contributed by atoms with van der Waals surface area (Å²) in [7, 11) is 0. The molecule has 1 heterocycles. The largest absolute Gasteiger partial charge is 0.476 e. The smallest absolute Gasteiger partial charge is 0.358 e. The molecule has 0 amide bonds. The highest BCUT2D eigenvalue weighted by molar-refractivity contribution is 5.86. The predicted octanol–water partition coefficient (Wildman–Crippen LogP) is 0.946. The van der Waals surface area contributed by atoms with E-state index in [1.54, 1.807) is 11.6 Å². The summed E-state index contributed by atoms with van der Waals surface area (Å²) < 4.78 is 1.58. The van der Waals surface area contributed by atoms with E-state index in [1.807, 2.05) is 13.8 Å². The molecule has 0 aliphatic rings. The monoisotopic (exact) mass is 241 g/mol. The number of carboxylic acids is 1. The molecular formula is C11H19N3O3. The molecule has 1 aromatic heterocycles. The van der Waals surface area contributed by atoms with Crippen LogP contribution in [0.5, 0.6) is 0 Å². The molecule has 0 aliphatic heterocycles. The maximum atomic E-state index is 11.0. The summed E-state index contributed by atoms with van der Waals surface area (Å²) in [5.41, 5.74) is 0.650. The first-order valence-electron chi connectivity index (χ1n) is 5.75. The summed E-state index contributed by atoms with van der Waals surface area (Å²) >= 11 is 0. The van der Waals surface area contributed by atoms with E-state index in [4.69, 9.17) is 5.11 Å². The Morgan fingerprint density at radius 3 is 2.53 bits per heavy atom. The van der Waals surface area contributed by atoms with E-state index in [1.165, 1.54) is 0 Å². The van der Waals surface area contributed by atoms with Gasteiger partial charge in [-0.05, 0) is 25.7 Å². The van der Waals surface area contributed by atoms with Crippen LogP contribution in [0.3, 0.4) is 0 Å². The van der Waals surface area contributed by atoms with Gasteiger partial charge >= 0.3 is 5.97 Å². The van der Waals surface area contributed by atoms with Crippen molar-refractivity contribution in [2.45, 2.75) is 46.3 Å². The zero-order chi connectivity index (χ0) is 13.0. The summed E-state index contributed by atoms with van der Waals surface area (Å²) in [5.74, 6) is -0.721. The van der Waals surface area contributed by atoms with E-state index < -0.39 is 12.1 Å². The molecule has 0 aromatic carbocycles. The van der Waals surface area contributed by atoms with E-state index in [9.17, 15) is 9.90 Å². The van der Waals surface area contributed by atoms with Crippen molar-refractivity contribution in [1.29, 1.82) is 0 Å². The number of aliphatic hydroxyl groups excluding tert-OH is 1. The molecule has 0 saturated heterocycles. The Morgan fingerprint density at radius 2 is 2.06 bits per heavy atom. The second-order valence-electron chi connectivity index (χ2n) is 4.65. The fraction of sp³-hybridized carbons (Fsp3) is 0.727. The van der Waals surface area contributed by atoms with Crippen molar-refractivity contribution >= 4 is 5.97 Å². The molecule has 1 rings (SSSR count). The van der Waals surface area contributed by atoms with Gasteiger partial charge in [-0.3, -0.25) is 0 Å². The van der Waals surface area contributed by atoms with Crippen LogP contribution in [0.4, 0.5) is 0 Å². The van der Waals surface area contributed by atoms with Crippen LogP contribution in [0.25, 0.3) is 0 Å². The number of aliphatic hydroxyl groups is 1. The van der Waals surface area contributed by atoms with Gasteiger partial charge in [-0.2, -0.15) is 0 Å². The topological polar surface area (TPSA) is 88.2 Å². The van der Waals surface area contributed by atoms with Gasteiger partial charge in [-0.1, -0.05) is 19.1 Å². The number of carbonyl (C=O) groups is 1. The summed E-state index contributed by atoms with van der Waals surface area (Å²) in [5, 5.41) is 25.7. The minimum absolute atomic E-state index is 0.0179. The van der Waals surface area contributed by atoms with E-state index in [2.05, 4.69) is 10.3 Å². The van der Waals surface area contributed by atoms with E-state index in [-0.39, 0.29) is 5.69 Å². The highest BCUT2D eigenvalue weighted by Gasteiger charge is 2.19. The van der Waals surface area contributed by atoms with Gasteiger partial charge in [0.1, 0.15) is 0 Å². The van der Waals surface area contributed by atoms with E-state index >= 15 is 0 Å². The van der Waals surface area contributed by atoms with Gasteiger partial charge in [-0.15, -0.1) is 5.10 Å². The molecule has 1 unspecified atom stereocenters.